The van der Waals surface area contributed by atoms with Crippen LogP contribution in [0.25, 0.3) is 10.6 Å². The maximum absolute atomic E-state index is 11.2. The summed E-state index contributed by atoms with van der Waals surface area (Å²) in [5, 5.41) is 3.30. The average molecular weight is 194 g/mol. The molecule has 2 rings (SSSR count). The van der Waals surface area contributed by atoms with Crippen LogP contribution in [0.4, 0.5) is 0 Å². The summed E-state index contributed by atoms with van der Waals surface area (Å²) < 4.78 is 0. The zero-order chi connectivity index (χ0) is 9.26. The Labute approximate surface area is 76.1 Å². The molecule has 0 aromatic carbocycles. The summed E-state index contributed by atoms with van der Waals surface area (Å²) in [6.07, 6.45) is 2.82. The smallest absolute Gasteiger partial charge is 0.313 e. The predicted molar refractivity (Wildman–Crippen MR) is 47.6 cm³/mol. The second kappa shape index (κ2) is 2.98. The molecule has 6 heteroatoms. The van der Waals surface area contributed by atoms with Crippen LogP contribution in [0.1, 0.15) is 0 Å². The maximum Gasteiger partial charge on any atom is 0.325 e. The largest absolute Gasteiger partial charge is 0.325 e. The first-order valence-corrected chi connectivity index (χ1v) is 4.23. The summed E-state index contributed by atoms with van der Waals surface area (Å²) >= 11 is 1.22. The minimum atomic E-state index is -0.519. The number of nitrogens with one attached hydrogen (secondary N) is 2. The fraction of sp³-hybridized carbons (Fsp3) is 0. The molecule has 0 unspecified atom stereocenters. The van der Waals surface area contributed by atoms with Crippen LogP contribution in [-0.4, -0.2) is 15.0 Å². The molecule has 0 fully saturated rings. The molecule has 2 aromatic heterocycles. The van der Waals surface area contributed by atoms with E-state index in [0.717, 1.165) is 0 Å². The Morgan fingerprint density at radius 1 is 1.46 bits per heavy atom. The van der Waals surface area contributed by atoms with Gasteiger partial charge in [0.25, 0.3) is 5.56 Å². The van der Waals surface area contributed by atoms with Crippen LogP contribution in [-0.2, 0) is 0 Å². The number of aromatic nitrogens is 3. The van der Waals surface area contributed by atoms with Crippen LogP contribution in [0, 0.1) is 5.38 Å². The third kappa shape index (κ3) is 1.43. The van der Waals surface area contributed by atoms with Crippen LogP contribution in [0.15, 0.2) is 22.0 Å². The Morgan fingerprint density at radius 3 is 2.92 bits per heavy atom. The highest BCUT2D eigenvalue weighted by Gasteiger charge is 2.05. The van der Waals surface area contributed by atoms with Gasteiger partial charge < -0.3 is 4.98 Å². The highest BCUT2D eigenvalue weighted by Crippen LogP contribution is 2.14. The van der Waals surface area contributed by atoms with E-state index in [1.54, 1.807) is 0 Å². The summed E-state index contributed by atoms with van der Waals surface area (Å²) in [6.45, 7) is 0. The van der Waals surface area contributed by atoms with Crippen molar-refractivity contribution in [1.29, 1.82) is 0 Å². The Morgan fingerprint density at radius 2 is 2.31 bits per heavy atom. The van der Waals surface area contributed by atoms with Crippen molar-refractivity contribution in [1.82, 2.24) is 15.0 Å². The van der Waals surface area contributed by atoms with Crippen LogP contribution in [0.2, 0.25) is 0 Å². The number of nitrogens with zero attached hydrogens (tertiary/aromatic N) is 1. The monoisotopic (exact) mass is 194 g/mol. The quantitative estimate of drug-likeness (QED) is 0.670. The zero-order valence-electron chi connectivity index (χ0n) is 6.33. The summed E-state index contributed by atoms with van der Waals surface area (Å²) in [6, 6.07) is 0. The average Bonchev–Trinajstić information content (AvgIpc) is 2.56. The number of H-pyrrole nitrogens is 2. The van der Waals surface area contributed by atoms with Gasteiger partial charge in [0.05, 0.1) is 10.9 Å². The lowest BCUT2D eigenvalue weighted by molar-refractivity contribution is 1.04. The van der Waals surface area contributed by atoms with E-state index in [1.807, 2.05) is 0 Å². The van der Waals surface area contributed by atoms with E-state index >= 15 is 0 Å². The molecule has 5 nitrogen and oxygen atoms in total. The fourth-order valence-corrected chi connectivity index (χ4v) is 1.47. The van der Waals surface area contributed by atoms with E-state index in [4.69, 9.17) is 0 Å². The molecular weight excluding hydrogens is 190 g/mol. The molecule has 65 valence electrons. The molecule has 2 aromatic rings. The standard InChI is InChI=1S/C7H4N3O2S/c11-5-4(3-9-7(12)10-5)6-8-1-2-13-6/h1,3H,(H2,9,10,11,12). The first kappa shape index (κ1) is 7.93. The highest BCUT2D eigenvalue weighted by atomic mass is 32.1. The molecule has 0 spiro atoms. The second-order valence-electron chi connectivity index (χ2n) is 2.27. The Balaban J connectivity index is 2.67. The highest BCUT2D eigenvalue weighted by molar-refractivity contribution is 7.12. The molecule has 0 atom stereocenters. The molecular formula is C7H4N3O2S. The topological polar surface area (TPSA) is 78.6 Å². The molecule has 2 N–H and O–H groups in total. The van der Waals surface area contributed by atoms with Crippen LogP contribution in [0.3, 0.4) is 0 Å². The molecule has 0 saturated carbocycles. The van der Waals surface area contributed by atoms with Crippen LogP contribution >= 0.6 is 11.3 Å². The second-order valence-corrected chi connectivity index (χ2v) is 3.10. The van der Waals surface area contributed by atoms with E-state index in [2.05, 4.69) is 20.3 Å². The molecule has 13 heavy (non-hydrogen) atoms. The van der Waals surface area contributed by atoms with Gasteiger partial charge in [0.1, 0.15) is 5.01 Å². The molecule has 0 aliphatic carbocycles. The third-order valence-corrected chi connectivity index (χ3v) is 2.18. The van der Waals surface area contributed by atoms with Gasteiger partial charge in [0.2, 0.25) is 0 Å². The molecule has 0 aliphatic heterocycles. The van der Waals surface area contributed by atoms with Crippen molar-refractivity contribution in [3.63, 3.8) is 0 Å². The van der Waals surface area contributed by atoms with Crippen molar-refractivity contribution < 1.29 is 0 Å². The Kier molecular flexibility index (Phi) is 1.82. The molecule has 1 radical (unpaired) electrons. The summed E-state index contributed by atoms with van der Waals surface area (Å²) in [4.78, 5) is 30.3. The Bertz CT molecular complexity index is 511. The van der Waals surface area contributed by atoms with Gasteiger partial charge in [-0.3, -0.25) is 9.78 Å². The van der Waals surface area contributed by atoms with E-state index in [-0.39, 0.29) is 0 Å². The molecule has 0 bridgehead atoms. The molecule has 0 amide bonds. The van der Waals surface area contributed by atoms with Gasteiger partial charge in [-0.25, -0.2) is 9.78 Å². The van der Waals surface area contributed by atoms with E-state index < -0.39 is 11.2 Å². The van der Waals surface area contributed by atoms with Gasteiger partial charge in [0.15, 0.2) is 0 Å². The zero-order valence-corrected chi connectivity index (χ0v) is 7.14. The molecule has 0 saturated heterocycles. The van der Waals surface area contributed by atoms with E-state index in [9.17, 15) is 9.59 Å². The lowest BCUT2D eigenvalue weighted by Crippen LogP contribution is -2.22. The fourth-order valence-electron chi connectivity index (χ4n) is 0.887. The number of hydrogen-bond acceptors (Lipinski definition) is 4. The van der Waals surface area contributed by atoms with Crippen molar-refractivity contribution in [2.24, 2.45) is 0 Å². The van der Waals surface area contributed by atoms with Gasteiger partial charge in [-0.15, -0.1) is 11.3 Å². The first-order chi connectivity index (χ1) is 6.27. The predicted octanol–water partition coefficient (Wildman–Crippen LogP) is -0.0131. The van der Waals surface area contributed by atoms with Crippen molar-refractivity contribution in [3.05, 3.63) is 38.6 Å². The molecule has 2 heterocycles. The normalized spacial score (nSPS) is 10.2. The minimum Gasteiger partial charge on any atom is -0.313 e. The van der Waals surface area contributed by atoms with E-state index in [1.165, 1.54) is 23.7 Å². The van der Waals surface area contributed by atoms with Crippen molar-refractivity contribution >= 4 is 11.3 Å². The van der Waals surface area contributed by atoms with Gasteiger partial charge >= 0.3 is 5.69 Å². The van der Waals surface area contributed by atoms with Crippen LogP contribution < -0.4 is 11.2 Å². The van der Waals surface area contributed by atoms with E-state index in [0.29, 0.717) is 10.6 Å². The first-order valence-electron chi connectivity index (χ1n) is 3.41. The van der Waals surface area contributed by atoms with Gasteiger partial charge in [-0.1, -0.05) is 0 Å². The van der Waals surface area contributed by atoms with Gasteiger partial charge in [0, 0.05) is 12.4 Å². The number of thiazole rings is 1. The minimum absolute atomic E-state index is 0.353. The number of rotatable bonds is 1. The molecule has 0 aliphatic rings. The number of aromatic amines is 2. The lowest BCUT2D eigenvalue weighted by Gasteiger charge is -1.91. The van der Waals surface area contributed by atoms with Gasteiger partial charge in [-0.2, -0.15) is 0 Å². The van der Waals surface area contributed by atoms with Crippen LogP contribution in [0.5, 0.6) is 0 Å². The summed E-state index contributed by atoms with van der Waals surface area (Å²) in [5.41, 5.74) is -0.604. The van der Waals surface area contributed by atoms with Gasteiger partial charge in [-0.05, 0) is 0 Å². The number of hydrogen-bond donors (Lipinski definition) is 2. The van der Waals surface area contributed by atoms with Crippen molar-refractivity contribution in [2.75, 3.05) is 0 Å². The Hall–Kier alpha value is -1.69. The SMILES string of the molecule is O=c1[nH]cc(-c2nc[c]s2)c(=O)[nH]1. The summed E-state index contributed by atoms with van der Waals surface area (Å²) in [5.74, 6) is 0. The summed E-state index contributed by atoms with van der Waals surface area (Å²) in [7, 11) is 0. The lowest BCUT2D eigenvalue weighted by atomic mass is 10.3. The maximum atomic E-state index is 11.2. The third-order valence-electron chi connectivity index (χ3n) is 1.44. The van der Waals surface area contributed by atoms with Crippen molar-refractivity contribution in [2.45, 2.75) is 0 Å². The van der Waals surface area contributed by atoms with Crippen molar-refractivity contribution in [3.8, 4) is 10.6 Å².